The van der Waals surface area contributed by atoms with Gasteiger partial charge in [-0.05, 0) is 56.2 Å². The van der Waals surface area contributed by atoms with Crippen molar-refractivity contribution in [1.29, 1.82) is 0 Å². The van der Waals surface area contributed by atoms with Crippen molar-refractivity contribution in [3.05, 3.63) is 58.6 Å². The number of aryl methyl sites for hydroxylation is 1. The first-order chi connectivity index (χ1) is 15.7. The summed E-state index contributed by atoms with van der Waals surface area (Å²) < 4.78 is 24.7. The number of carbonyl (C=O) groups excluding carboxylic acids is 1. The highest BCUT2D eigenvalue weighted by Gasteiger charge is 2.49. The summed E-state index contributed by atoms with van der Waals surface area (Å²) in [6.45, 7) is 8.06. The highest BCUT2D eigenvalue weighted by molar-refractivity contribution is 8.16. The minimum Gasteiger partial charge on any atom is -0.372 e. The number of anilines is 2. The Labute approximate surface area is 204 Å². The van der Waals surface area contributed by atoms with E-state index in [2.05, 4.69) is 35.9 Å². The van der Waals surface area contributed by atoms with Gasteiger partial charge < -0.3 is 9.80 Å². The van der Waals surface area contributed by atoms with E-state index >= 15 is 0 Å². The number of hydrogen-bond acceptors (Lipinski definition) is 5. The molecule has 2 aliphatic rings. The summed E-state index contributed by atoms with van der Waals surface area (Å²) in [6.07, 6.45) is 0.102. The molecule has 9 heteroatoms. The lowest BCUT2D eigenvalue weighted by atomic mass is 10.1. The van der Waals surface area contributed by atoms with Crippen molar-refractivity contribution in [3.63, 3.8) is 0 Å². The van der Waals surface area contributed by atoms with E-state index in [-0.39, 0.29) is 35.1 Å². The number of amidine groups is 1. The molecule has 0 aliphatic carbocycles. The molecule has 0 unspecified atom stereocenters. The quantitative estimate of drug-likeness (QED) is 0.581. The number of carbonyl (C=O) groups is 1. The third-order valence-electron chi connectivity index (χ3n) is 6.15. The van der Waals surface area contributed by atoms with Gasteiger partial charge in [0, 0.05) is 34.7 Å². The highest BCUT2D eigenvalue weighted by atomic mass is 35.5. The molecule has 176 valence electrons. The molecule has 4 rings (SSSR count). The van der Waals surface area contributed by atoms with Crippen molar-refractivity contribution in [2.45, 2.75) is 38.5 Å². The van der Waals surface area contributed by atoms with Crippen LogP contribution < -0.4 is 9.80 Å². The van der Waals surface area contributed by atoms with Gasteiger partial charge in [-0.25, -0.2) is 8.42 Å². The van der Waals surface area contributed by atoms with E-state index in [4.69, 9.17) is 11.6 Å². The van der Waals surface area contributed by atoms with Gasteiger partial charge in [0.1, 0.15) is 0 Å². The summed E-state index contributed by atoms with van der Waals surface area (Å²) in [5, 5.41) is 0.965. The van der Waals surface area contributed by atoms with Gasteiger partial charge >= 0.3 is 0 Å². The molecule has 0 spiro atoms. The highest BCUT2D eigenvalue weighted by Crippen LogP contribution is 2.42. The van der Waals surface area contributed by atoms with Crippen LogP contribution >= 0.6 is 23.4 Å². The van der Waals surface area contributed by atoms with Crippen LogP contribution in [-0.4, -0.2) is 55.4 Å². The minimum absolute atomic E-state index is 0.0691. The first-order valence-corrected chi connectivity index (χ1v) is 14.2. The number of fused-ring (bicyclic) bond motifs is 1. The smallest absolute Gasteiger partial charge is 0.252 e. The van der Waals surface area contributed by atoms with Gasteiger partial charge in [-0.15, -0.1) is 0 Å². The average molecular weight is 506 g/mol. The van der Waals surface area contributed by atoms with Gasteiger partial charge in [0.25, 0.3) is 5.91 Å². The van der Waals surface area contributed by atoms with Crippen LogP contribution in [-0.2, 0) is 21.1 Å². The molecule has 2 saturated heterocycles. The van der Waals surface area contributed by atoms with E-state index in [0.717, 1.165) is 35.6 Å². The number of hydrogen-bond donors (Lipinski definition) is 0. The van der Waals surface area contributed by atoms with Crippen LogP contribution in [0, 0.1) is 6.92 Å². The lowest BCUT2D eigenvalue weighted by molar-refractivity contribution is -0.117. The number of benzene rings is 2. The molecule has 2 atom stereocenters. The first kappa shape index (κ1) is 24.1. The van der Waals surface area contributed by atoms with Crippen molar-refractivity contribution in [2.75, 3.05) is 34.4 Å². The number of nitrogens with zero attached hydrogens (tertiary/aromatic N) is 3. The molecule has 2 heterocycles. The Morgan fingerprint density at radius 1 is 1.18 bits per heavy atom. The molecule has 6 nitrogen and oxygen atoms in total. The van der Waals surface area contributed by atoms with Crippen molar-refractivity contribution < 1.29 is 13.2 Å². The second-order valence-corrected chi connectivity index (χ2v) is 12.1. The predicted molar refractivity (Wildman–Crippen MR) is 139 cm³/mol. The number of amides is 1. The molecule has 2 aromatic rings. The van der Waals surface area contributed by atoms with Crippen molar-refractivity contribution in [3.8, 4) is 0 Å². The van der Waals surface area contributed by atoms with Crippen LogP contribution in [0.1, 0.15) is 25.0 Å². The van der Waals surface area contributed by atoms with Gasteiger partial charge in [0.05, 0.1) is 24.0 Å². The van der Waals surface area contributed by atoms with Crippen molar-refractivity contribution in [1.82, 2.24) is 0 Å². The molecule has 1 amide bonds. The SMILES string of the molecule is CCN(CC)c1ccc(N2C(=NC(=O)Cc3ccccc3Cl)S[C@H]3CS(=O)(=O)C[C@@H]32)c(C)c1. The molecule has 0 saturated carbocycles. The fourth-order valence-corrected chi connectivity index (χ4v) is 8.62. The Balaban J connectivity index is 1.68. The Bertz CT molecular complexity index is 1200. The monoisotopic (exact) mass is 505 g/mol. The van der Waals surface area contributed by atoms with Crippen LogP contribution in [0.25, 0.3) is 0 Å². The van der Waals surface area contributed by atoms with E-state index in [1.165, 1.54) is 11.8 Å². The zero-order chi connectivity index (χ0) is 23.8. The molecule has 0 radical (unpaired) electrons. The summed E-state index contributed by atoms with van der Waals surface area (Å²) in [5.41, 5.74) is 3.77. The van der Waals surface area contributed by atoms with Crippen LogP contribution in [0.2, 0.25) is 5.02 Å². The molecule has 0 N–H and O–H groups in total. The summed E-state index contributed by atoms with van der Waals surface area (Å²) in [5.74, 6) is -0.122. The largest absolute Gasteiger partial charge is 0.372 e. The molecule has 33 heavy (non-hydrogen) atoms. The van der Waals surface area contributed by atoms with Gasteiger partial charge in [-0.2, -0.15) is 4.99 Å². The minimum atomic E-state index is -3.12. The van der Waals surface area contributed by atoms with Gasteiger partial charge in [-0.3, -0.25) is 4.79 Å². The van der Waals surface area contributed by atoms with Crippen molar-refractivity contribution in [2.24, 2.45) is 4.99 Å². The lowest BCUT2D eigenvalue weighted by Crippen LogP contribution is -2.38. The molecule has 0 bridgehead atoms. The van der Waals surface area contributed by atoms with Crippen LogP contribution in [0.4, 0.5) is 11.4 Å². The number of sulfone groups is 1. The Hall–Kier alpha value is -2.03. The zero-order valence-electron chi connectivity index (χ0n) is 19.0. The maximum atomic E-state index is 12.8. The number of aliphatic imine (C=N–C) groups is 1. The summed E-state index contributed by atoms with van der Waals surface area (Å²) in [4.78, 5) is 21.5. The van der Waals surface area contributed by atoms with E-state index < -0.39 is 9.84 Å². The Morgan fingerprint density at radius 3 is 2.58 bits per heavy atom. The van der Waals surface area contributed by atoms with Crippen molar-refractivity contribution >= 4 is 55.6 Å². The van der Waals surface area contributed by atoms with E-state index in [0.29, 0.717) is 10.2 Å². The fourth-order valence-electron chi connectivity index (χ4n) is 4.49. The number of thioether (sulfide) groups is 1. The average Bonchev–Trinajstić information content (AvgIpc) is 3.22. The topological polar surface area (TPSA) is 70.0 Å². The Morgan fingerprint density at radius 2 is 1.91 bits per heavy atom. The lowest BCUT2D eigenvalue weighted by Gasteiger charge is -2.28. The Kier molecular flexibility index (Phi) is 7.07. The molecule has 2 aliphatic heterocycles. The maximum absolute atomic E-state index is 12.8. The molecule has 2 fully saturated rings. The van der Waals surface area contributed by atoms with Crippen LogP contribution in [0.15, 0.2) is 47.5 Å². The van der Waals surface area contributed by atoms with Crippen LogP contribution in [0.3, 0.4) is 0 Å². The van der Waals surface area contributed by atoms with E-state index in [1.807, 2.05) is 36.1 Å². The van der Waals surface area contributed by atoms with Gasteiger partial charge in [0.15, 0.2) is 15.0 Å². The molecular formula is C24H28ClN3O3S2. The summed E-state index contributed by atoms with van der Waals surface area (Å²) >= 11 is 7.61. The predicted octanol–water partition coefficient (Wildman–Crippen LogP) is 4.34. The number of halogens is 1. The molecule has 2 aromatic carbocycles. The van der Waals surface area contributed by atoms with E-state index in [9.17, 15) is 13.2 Å². The van der Waals surface area contributed by atoms with Gasteiger partial charge in [0.2, 0.25) is 0 Å². The summed E-state index contributed by atoms with van der Waals surface area (Å²) in [6, 6.07) is 13.2. The normalized spacial score (nSPS) is 22.5. The van der Waals surface area contributed by atoms with E-state index in [1.54, 1.807) is 6.07 Å². The fraction of sp³-hybridized carbons (Fsp3) is 0.417. The molecule has 0 aromatic heterocycles. The third kappa shape index (κ3) is 5.08. The van der Waals surface area contributed by atoms with Gasteiger partial charge in [-0.1, -0.05) is 41.6 Å². The molecular weight excluding hydrogens is 478 g/mol. The third-order valence-corrected chi connectivity index (χ3v) is 9.73. The first-order valence-electron chi connectivity index (χ1n) is 11.1. The maximum Gasteiger partial charge on any atom is 0.252 e. The second kappa shape index (κ2) is 9.68. The van der Waals surface area contributed by atoms with Crippen LogP contribution in [0.5, 0.6) is 0 Å². The summed E-state index contributed by atoms with van der Waals surface area (Å²) in [7, 11) is -3.12. The second-order valence-electron chi connectivity index (χ2n) is 8.37. The number of rotatable bonds is 6. The standard InChI is InChI=1S/C24H28ClN3O3S2/c1-4-27(5-2)18-10-11-20(16(3)12-18)28-21-14-33(30,31)15-22(21)32-24(28)26-23(29)13-17-8-6-7-9-19(17)25/h6-12,21-22H,4-5,13-15H2,1-3H3/t21-,22-/m0/s1. The zero-order valence-corrected chi connectivity index (χ0v) is 21.4.